The predicted octanol–water partition coefficient (Wildman–Crippen LogP) is 1.65. The molecule has 5 heteroatoms. The van der Waals surface area contributed by atoms with E-state index in [9.17, 15) is 4.79 Å². The molecule has 0 radical (unpaired) electrons. The lowest BCUT2D eigenvalue weighted by Crippen LogP contribution is -2.28. The molecule has 18 heavy (non-hydrogen) atoms. The highest BCUT2D eigenvalue weighted by Gasteiger charge is 2.18. The first-order chi connectivity index (χ1) is 8.61. The molecule has 0 aromatic heterocycles. The van der Waals surface area contributed by atoms with E-state index in [1.165, 1.54) is 4.90 Å². The molecule has 2 N–H and O–H groups in total. The molecule has 0 saturated heterocycles. The number of benzene rings is 1. The molecule has 0 saturated carbocycles. The summed E-state index contributed by atoms with van der Waals surface area (Å²) >= 11 is 0. The Morgan fingerprint density at radius 3 is 2.89 bits per heavy atom. The van der Waals surface area contributed by atoms with Crippen LogP contribution in [0.5, 0.6) is 5.75 Å². The van der Waals surface area contributed by atoms with Gasteiger partial charge >= 0.3 is 0 Å². The number of carbonyl (C=O) groups excluding carboxylic acids is 1. The van der Waals surface area contributed by atoms with Crippen molar-refractivity contribution >= 4 is 11.6 Å². The van der Waals surface area contributed by atoms with Crippen molar-refractivity contribution in [1.82, 2.24) is 4.90 Å². The third-order valence-corrected chi connectivity index (χ3v) is 2.47. The minimum absolute atomic E-state index is 0.194. The summed E-state index contributed by atoms with van der Waals surface area (Å²) in [6.45, 7) is 2.66. The maximum atomic E-state index is 12.2. The van der Waals surface area contributed by atoms with E-state index in [-0.39, 0.29) is 5.91 Å². The molecule has 96 valence electrons. The third-order valence-electron chi connectivity index (χ3n) is 2.47. The molecule has 0 aliphatic rings. The Balaban J connectivity index is 2.98. The SMILES string of the molecule is CCOc1c(N)cccc1C(=O)N(C)CCC#N. The minimum atomic E-state index is -0.194. The van der Waals surface area contributed by atoms with Gasteiger partial charge in [-0.1, -0.05) is 6.07 Å². The van der Waals surface area contributed by atoms with E-state index in [1.807, 2.05) is 13.0 Å². The molecule has 0 bridgehead atoms. The fraction of sp³-hybridized carbons (Fsp3) is 0.385. The van der Waals surface area contributed by atoms with Gasteiger partial charge in [-0.2, -0.15) is 5.26 Å². The first kappa shape index (κ1) is 13.8. The van der Waals surface area contributed by atoms with Gasteiger partial charge in [-0.3, -0.25) is 4.79 Å². The average molecular weight is 247 g/mol. The van der Waals surface area contributed by atoms with Gasteiger partial charge in [0.05, 0.1) is 30.3 Å². The monoisotopic (exact) mass is 247 g/mol. The molecule has 1 aromatic carbocycles. The van der Waals surface area contributed by atoms with Gasteiger partial charge in [0.2, 0.25) is 0 Å². The number of nitrogen functional groups attached to an aromatic ring is 1. The van der Waals surface area contributed by atoms with Crippen molar-refractivity contribution in [3.8, 4) is 11.8 Å². The summed E-state index contributed by atoms with van der Waals surface area (Å²) in [5.74, 6) is 0.217. The van der Waals surface area contributed by atoms with Crippen LogP contribution < -0.4 is 10.5 Å². The molecule has 0 atom stereocenters. The Kier molecular flexibility index (Phi) is 5.00. The second kappa shape index (κ2) is 6.50. The van der Waals surface area contributed by atoms with Gasteiger partial charge in [0.15, 0.2) is 5.75 Å². The Morgan fingerprint density at radius 2 is 2.28 bits per heavy atom. The van der Waals surface area contributed by atoms with Crippen LogP contribution in [0.1, 0.15) is 23.7 Å². The second-order valence-corrected chi connectivity index (χ2v) is 3.79. The number of hydrogen-bond donors (Lipinski definition) is 1. The van der Waals surface area contributed by atoms with Crippen molar-refractivity contribution in [1.29, 1.82) is 5.26 Å². The lowest BCUT2D eigenvalue weighted by atomic mass is 10.1. The number of carbonyl (C=O) groups is 1. The van der Waals surface area contributed by atoms with Crippen LogP contribution >= 0.6 is 0 Å². The van der Waals surface area contributed by atoms with Gasteiger partial charge in [-0.25, -0.2) is 0 Å². The van der Waals surface area contributed by atoms with E-state index in [0.717, 1.165) is 0 Å². The number of hydrogen-bond acceptors (Lipinski definition) is 4. The van der Waals surface area contributed by atoms with Crippen molar-refractivity contribution in [2.24, 2.45) is 0 Å². The molecule has 1 amide bonds. The van der Waals surface area contributed by atoms with Gasteiger partial charge in [0.25, 0.3) is 5.91 Å². The number of amides is 1. The molecule has 0 spiro atoms. The lowest BCUT2D eigenvalue weighted by molar-refractivity contribution is 0.0794. The number of nitriles is 1. The highest BCUT2D eigenvalue weighted by atomic mass is 16.5. The molecule has 0 aliphatic carbocycles. The fourth-order valence-corrected chi connectivity index (χ4v) is 1.55. The number of nitrogens with two attached hydrogens (primary N) is 1. The van der Waals surface area contributed by atoms with Crippen LogP contribution in [0.15, 0.2) is 18.2 Å². The summed E-state index contributed by atoms with van der Waals surface area (Å²) in [7, 11) is 1.65. The fourth-order valence-electron chi connectivity index (χ4n) is 1.55. The predicted molar refractivity (Wildman–Crippen MR) is 69.2 cm³/mol. The summed E-state index contributed by atoms with van der Waals surface area (Å²) in [6, 6.07) is 7.08. The summed E-state index contributed by atoms with van der Waals surface area (Å²) in [5.41, 5.74) is 6.67. The van der Waals surface area contributed by atoms with Gasteiger partial charge in [-0.15, -0.1) is 0 Å². The molecule has 1 rings (SSSR count). The molecular formula is C13H17N3O2. The molecule has 1 aromatic rings. The van der Waals surface area contributed by atoms with Gasteiger partial charge in [0, 0.05) is 13.6 Å². The molecule has 0 unspecified atom stereocenters. The first-order valence-electron chi connectivity index (χ1n) is 5.75. The van der Waals surface area contributed by atoms with Crippen LogP contribution in [-0.4, -0.2) is 31.0 Å². The standard InChI is InChI=1S/C13H17N3O2/c1-3-18-12-10(6-4-7-11(12)15)13(17)16(2)9-5-8-14/h4,6-7H,3,5,9,15H2,1-2H3. The number of para-hydroxylation sites is 1. The smallest absolute Gasteiger partial charge is 0.257 e. The number of anilines is 1. The number of nitrogens with zero attached hydrogens (tertiary/aromatic N) is 2. The number of rotatable bonds is 5. The van der Waals surface area contributed by atoms with Gasteiger partial charge in [0.1, 0.15) is 0 Å². The maximum absolute atomic E-state index is 12.2. The van der Waals surface area contributed by atoms with Crippen LogP contribution in [0.4, 0.5) is 5.69 Å². The molecule has 0 heterocycles. The molecule has 0 fully saturated rings. The first-order valence-corrected chi connectivity index (χ1v) is 5.75. The Hall–Kier alpha value is -2.22. The highest BCUT2D eigenvalue weighted by molar-refractivity contribution is 5.98. The summed E-state index contributed by atoms with van der Waals surface area (Å²) < 4.78 is 5.41. The number of ether oxygens (including phenoxy) is 1. The van der Waals surface area contributed by atoms with Crippen molar-refractivity contribution < 1.29 is 9.53 Å². The van der Waals surface area contributed by atoms with Crippen LogP contribution in [-0.2, 0) is 0 Å². The molecular weight excluding hydrogens is 230 g/mol. The largest absolute Gasteiger partial charge is 0.491 e. The maximum Gasteiger partial charge on any atom is 0.257 e. The Bertz CT molecular complexity index is 466. The van der Waals surface area contributed by atoms with E-state index >= 15 is 0 Å². The van der Waals surface area contributed by atoms with Crippen LogP contribution in [0.2, 0.25) is 0 Å². The zero-order valence-electron chi connectivity index (χ0n) is 10.6. The average Bonchev–Trinajstić information content (AvgIpc) is 2.37. The summed E-state index contributed by atoms with van der Waals surface area (Å²) in [6.07, 6.45) is 0.300. The van der Waals surface area contributed by atoms with Crippen LogP contribution in [0, 0.1) is 11.3 Å². The van der Waals surface area contributed by atoms with E-state index in [0.29, 0.717) is 36.6 Å². The second-order valence-electron chi connectivity index (χ2n) is 3.79. The zero-order chi connectivity index (χ0) is 13.5. The summed E-state index contributed by atoms with van der Waals surface area (Å²) in [5, 5.41) is 8.52. The van der Waals surface area contributed by atoms with E-state index < -0.39 is 0 Å². The molecule has 0 aliphatic heterocycles. The van der Waals surface area contributed by atoms with Gasteiger partial charge in [-0.05, 0) is 19.1 Å². The normalized spacial score (nSPS) is 9.61. The van der Waals surface area contributed by atoms with E-state index in [1.54, 1.807) is 25.2 Å². The quantitative estimate of drug-likeness (QED) is 0.802. The van der Waals surface area contributed by atoms with Crippen molar-refractivity contribution in [2.45, 2.75) is 13.3 Å². The zero-order valence-corrected chi connectivity index (χ0v) is 10.6. The topological polar surface area (TPSA) is 79.3 Å². The Morgan fingerprint density at radius 1 is 1.56 bits per heavy atom. The van der Waals surface area contributed by atoms with E-state index in [2.05, 4.69) is 0 Å². The van der Waals surface area contributed by atoms with Crippen LogP contribution in [0.25, 0.3) is 0 Å². The Labute approximate surface area is 107 Å². The van der Waals surface area contributed by atoms with Gasteiger partial charge < -0.3 is 15.4 Å². The van der Waals surface area contributed by atoms with E-state index in [4.69, 9.17) is 15.7 Å². The highest BCUT2D eigenvalue weighted by Crippen LogP contribution is 2.27. The van der Waals surface area contributed by atoms with Crippen molar-refractivity contribution in [3.63, 3.8) is 0 Å². The van der Waals surface area contributed by atoms with Crippen LogP contribution in [0.3, 0.4) is 0 Å². The summed E-state index contributed by atoms with van der Waals surface area (Å²) in [4.78, 5) is 13.7. The molecule has 5 nitrogen and oxygen atoms in total. The minimum Gasteiger partial charge on any atom is -0.491 e. The lowest BCUT2D eigenvalue weighted by Gasteiger charge is -2.18. The third kappa shape index (κ3) is 3.14. The van der Waals surface area contributed by atoms with Crippen molar-refractivity contribution in [2.75, 3.05) is 25.9 Å². The van der Waals surface area contributed by atoms with Crippen molar-refractivity contribution in [3.05, 3.63) is 23.8 Å².